The number of aryl methyl sites for hydroxylation is 1. The van der Waals surface area contributed by atoms with Crippen molar-refractivity contribution in [2.24, 2.45) is 5.92 Å². The van der Waals surface area contributed by atoms with Crippen LogP contribution in [0.25, 0.3) is 0 Å². The Labute approximate surface area is 187 Å². The van der Waals surface area contributed by atoms with Crippen molar-refractivity contribution in [3.8, 4) is 0 Å². The molecule has 1 spiro atoms. The summed E-state index contributed by atoms with van der Waals surface area (Å²) in [7, 11) is 0. The third-order valence-electron chi connectivity index (χ3n) is 7.09. The zero-order valence-electron chi connectivity index (χ0n) is 18.3. The van der Waals surface area contributed by atoms with Gasteiger partial charge in [0.25, 0.3) is 0 Å². The highest BCUT2D eigenvalue weighted by molar-refractivity contribution is 6.11. The van der Waals surface area contributed by atoms with Gasteiger partial charge in [0.1, 0.15) is 5.54 Å². The van der Waals surface area contributed by atoms with Gasteiger partial charge in [-0.05, 0) is 69.5 Å². The molecule has 2 N–H and O–H groups in total. The molecule has 7 nitrogen and oxygen atoms in total. The maximum Gasteiger partial charge on any atom is 0.338 e. The monoisotopic (exact) mass is 433 g/mol. The summed E-state index contributed by atoms with van der Waals surface area (Å²) in [6.45, 7) is 4.86. The lowest BCUT2D eigenvalue weighted by atomic mass is 9.78. The minimum absolute atomic E-state index is 0.107. The van der Waals surface area contributed by atoms with E-state index in [4.69, 9.17) is 4.74 Å². The second-order valence-corrected chi connectivity index (χ2v) is 8.78. The smallest absolute Gasteiger partial charge is 0.338 e. The van der Waals surface area contributed by atoms with Gasteiger partial charge in [-0.3, -0.25) is 14.5 Å². The SMILES string of the molecule is CCOC(=O)c1ccc(NC(=O)[C@@H]2C[C@@H]3CCCN3[C@]23C(=O)Nc2c(C)cccc23)cc1. The second-order valence-electron chi connectivity index (χ2n) is 8.78. The van der Waals surface area contributed by atoms with Gasteiger partial charge < -0.3 is 15.4 Å². The van der Waals surface area contributed by atoms with Crippen molar-refractivity contribution in [2.45, 2.75) is 44.7 Å². The minimum atomic E-state index is -0.975. The third kappa shape index (κ3) is 2.95. The molecular formula is C25H27N3O4. The van der Waals surface area contributed by atoms with Crippen molar-refractivity contribution < 1.29 is 19.1 Å². The van der Waals surface area contributed by atoms with Crippen LogP contribution >= 0.6 is 0 Å². The quantitative estimate of drug-likeness (QED) is 0.722. The predicted octanol–water partition coefficient (Wildman–Crippen LogP) is 3.44. The van der Waals surface area contributed by atoms with Crippen LogP contribution in [0.15, 0.2) is 42.5 Å². The zero-order valence-corrected chi connectivity index (χ0v) is 18.3. The molecule has 32 heavy (non-hydrogen) atoms. The Kier molecular flexibility index (Phi) is 5.01. The maximum absolute atomic E-state index is 13.6. The predicted molar refractivity (Wildman–Crippen MR) is 120 cm³/mol. The van der Waals surface area contributed by atoms with E-state index < -0.39 is 17.4 Å². The molecule has 2 fully saturated rings. The molecule has 3 aliphatic heterocycles. The zero-order chi connectivity index (χ0) is 22.5. The van der Waals surface area contributed by atoms with Crippen LogP contribution in [0.4, 0.5) is 11.4 Å². The first-order chi connectivity index (χ1) is 15.5. The summed E-state index contributed by atoms with van der Waals surface area (Å²) in [6.07, 6.45) is 2.67. The number of esters is 1. The normalized spacial score (nSPS) is 26.0. The lowest BCUT2D eigenvalue weighted by molar-refractivity contribution is -0.135. The number of carbonyl (C=O) groups excluding carboxylic acids is 3. The average molecular weight is 434 g/mol. The van der Waals surface area contributed by atoms with E-state index in [-0.39, 0.29) is 17.9 Å². The number of para-hydroxylation sites is 1. The molecule has 166 valence electrons. The highest BCUT2D eigenvalue weighted by atomic mass is 16.5. The molecule has 0 saturated carbocycles. The molecule has 2 aromatic carbocycles. The van der Waals surface area contributed by atoms with E-state index in [1.807, 2.05) is 25.1 Å². The van der Waals surface area contributed by atoms with Crippen LogP contribution in [-0.2, 0) is 19.9 Å². The Balaban J connectivity index is 1.47. The van der Waals surface area contributed by atoms with Crippen molar-refractivity contribution in [3.63, 3.8) is 0 Å². The molecule has 0 radical (unpaired) electrons. The van der Waals surface area contributed by atoms with Crippen molar-refractivity contribution in [3.05, 3.63) is 59.2 Å². The molecule has 0 bridgehead atoms. The van der Waals surface area contributed by atoms with E-state index in [0.29, 0.717) is 24.3 Å². The van der Waals surface area contributed by atoms with Gasteiger partial charge in [0.2, 0.25) is 11.8 Å². The molecule has 3 atom stereocenters. The number of nitrogens with one attached hydrogen (secondary N) is 2. The molecule has 5 rings (SSSR count). The summed E-state index contributed by atoms with van der Waals surface area (Å²) in [5.41, 5.74) is 2.79. The van der Waals surface area contributed by atoms with Gasteiger partial charge in [-0.25, -0.2) is 4.79 Å². The van der Waals surface area contributed by atoms with E-state index in [2.05, 4.69) is 15.5 Å². The first-order valence-electron chi connectivity index (χ1n) is 11.2. The van der Waals surface area contributed by atoms with Crippen molar-refractivity contribution in [1.82, 2.24) is 4.90 Å². The van der Waals surface area contributed by atoms with Gasteiger partial charge in [-0.15, -0.1) is 0 Å². The summed E-state index contributed by atoms with van der Waals surface area (Å²) < 4.78 is 5.01. The number of anilines is 2. The van der Waals surface area contributed by atoms with Gasteiger partial charge in [-0.2, -0.15) is 0 Å². The van der Waals surface area contributed by atoms with Gasteiger partial charge >= 0.3 is 5.97 Å². The Morgan fingerprint density at radius 3 is 2.75 bits per heavy atom. The molecule has 0 aliphatic carbocycles. The molecule has 2 amide bonds. The van der Waals surface area contributed by atoms with Crippen LogP contribution in [0.5, 0.6) is 0 Å². The Bertz CT molecular complexity index is 1100. The lowest BCUT2D eigenvalue weighted by Crippen LogP contribution is -2.53. The largest absolute Gasteiger partial charge is 0.462 e. The van der Waals surface area contributed by atoms with Crippen LogP contribution in [0.3, 0.4) is 0 Å². The number of ether oxygens (including phenoxy) is 1. The number of hydrogen-bond donors (Lipinski definition) is 2. The number of rotatable bonds is 4. The van der Waals surface area contributed by atoms with E-state index in [1.54, 1.807) is 31.2 Å². The number of amides is 2. The number of benzene rings is 2. The maximum atomic E-state index is 13.6. The summed E-state index contributed by atoms with van der Waals surface area (Å²) in [4.78, 5) is 41.2. The summed E-state index contributed by atoms with van der Waals surface area (Å²) in [5, 5.41) is 6.07. The molecular weight excluding hydrogens is 406 g/mol. The standard InChI is InChI=1S/C25H27N3O4/c1-3-32-23(30)16-9-11-17(12-10-16)26-22(29)20-14-18-7-5-13-28(18)25(20)19-8-4-6-15(2)21(19)27-24(25)31/h4,6,8-12,18,20H,3,5,7,13-14H2,1-2H3,(H,26,29)(H,27,31)/t18-,20-,25-/m0/s1. The second kappa shape index (κ2) is 7.74. The highest BCUT2D eigenvalue weighted by Gasteiger charge is 2.65. The van der Waals surface area contributed by atoms with Crippen LogP contribution < -0.4 is 10.6 Å². The average Bonchev–Trinajstić information content (AvgIpc) is 3.44. The Morgan fingerprint density at radius 1 is 1.22 bits per heavy atom. The van der Waals surface area contributed by atoms with E-state index in [1.165, 1.54) is 0 Å². The van der Waals surface area contributed by atoms with E-state index >= 15 is 0 Å². The topological polar surface area (TPSA) is 87.7 Å². The fraction of sp³-hybridized carbons (Fsp3) is 0.400. The summed E-state index contributed by atoms with van der Waals surface area (Å²) >= 11 is 0. The fourth-order valence-electron chi connectivity index (χ4n) is 5.73. The van der Waals surface area contributed by atoms with Gasteiger partial charge in [-0.1, -0.05) is 18.2 Å². The van der Waals surface area contributed by atoms with Crippen molar-refractivity contribution in [2.75, 3.05) is 23.8 Å². The Hall–Kier alpha value is -3.19. The highest BCUT2D eigenvalue weighted by Crippen LogP contribution is 2.56. The van der Waals surface area contributed by atoms with Gasteiger partial charge in [0, 0.05) is 23.0 Å². The van der Waals surface area contributed by atoms with E-state index in [9.17, 15) is 14.4 Å². The molecule has 2 aromatic rings. The Morgan fingerprint density at radius 2 is 2.00 bits per heavy atom. The molecule has 0 aromatic heterocycles. The van der Waals surface area contributed by atoms with E-state index in [0.717, 1.165) is 36.2 Å². The van der Waals surface area contributed by atoms with Crippen molar-refractivity contribution in [1.29, 1.82) is 0 Å². The van der Waals surface area contributed by atoms with Crippen LogP contribution in [0.1, 0.15) is 47.7 Å². The summed E-state index contributed by atoms with van der Waals surface area (Å²) in [5.74, 6) is -1.17. The molecule has 7 heteroatoms. The van der Waals surface area contributed by atoms with Gasteiger partial charge in [0.15, 0.2) is 0 Å². The third-order valence-corrected chi connectivity index (χ3v) is 7.09. The number of hydrogen-bond acceptors (Lipinski definition) is 5. The van der Waals surface area contributed by atoms with Crippen LogP contribution in [0.2, 0.25) is 0 Å². The first kappa shape index (κ1) is 20.7. The molecule has 3 aliphatic rings. The van der Waals surface area contributed by atoms with Crippen LogP contribution in [0, 0.1) is 12.8 Å². The molecule has 2 saturated heterocycles. The molecule has 0 unspecified atom stereocenters. The van der Waals surface area contributed by atoms with Crippen molar-refractivity contribution >= 4 is 29.2 Å². The number of nitrogens with zero attached hydrogens (tertiary/aromatic N) is 1. The van der Waals surface area contributed by atoms with Gasteiger partial charge in [0.05, 0.1) is 18.1 Å². The fourth-order valence-corrected chi connectivity index (χ4v) is 5.73. The summed E-state index contributed by atoms with van der Waals surface area (Å²) in [6, 6.07) is 12.8. The minimum Gasteiger partial charge on any atom is -0.462 e. The number of carbonyl (C=O) groups is 3. The lowest BCUT2D eigenvalue weighted by Gasteiger charge is -2.36. The number of fused-ring (bicyclic) bond motifs is 4. The molecule has 3 heterocycles. The first-order valence-corrected chi connectivity index (χ1v) is 11.2. The van der Waals surface area contributed by atoms with Crippen LogP contribution in [-0.4, -0.2) is 41.9 Å².